The second-order valence-corrected chi connectivity index (χ2v) is 4.63. The van der Waals surface area contributed by atoms with Crippen LogP contribution in [0.4, 0.5) is 0 Å². The first-order valence-corrected chi connectivity index (χ1v) is 6.44. The zero-order chi connectivity index (χ0) is 12.7. The summed E-state index contributed by atoms with van der Waals surface area (Å²) in [5.74, 6) is 1.07. The molecule has 4 heteroatoms. The second-order valence-electron chi connectivity index (χ2n) is 4.32. The molecule has 0 saturated carbocycles. The van der Waals surface area contributed by atoms with Crippen LogP contribution in [0.15, 0.2) is 18.2 Å². The number of nitrogens with one attached hydrogen (secondary N) is 1. The first kappa shape index (κ1) is 14.0. The summed E-state index contributed by atoms with van der Waals surface area (Å²) in [7, 11) is 0. The lowest BCUT2D eigenvalue weighted by molar-refractivity contribution is 0.0947. The molecule has 1 atom stereocenters. The van der Waals surface area contributed by atoms with Crippen molar-refractivity contribution in [3.05, 3.63) is 29.6 Å². The molecule has 3 nitrogen and oxygen atoms in total. The van der Waals surface area contributed by atoms with Gasteiger partial charge in [0.25, 0.3) is 5.91 Å². The molecule has 0 fully saturated rings. The summed E-state index contributed by atoms with van der Waals surface area (Å²) in [6.45, 7) is 4.66. The standard InChI is InChI=1S/C13H19ClN2O/c1-10(9-14)5-4-8-15-13(17)12-7-3-6-11(2)16-12/h3,6-7,10H,4-5,8-9H2,1-2H3,(H,15,17). The number of carbonyl (C=O) groups excluding carboxylic acids is 1. The van der Waals surface area contributed by atoms with Gasteiger partial charge in [-0.2, -0.15) is 0 Å². The van der Waals surface area contributed by atoms with Crippen molar-refractivity contribution in [3.63, 3.8) is 0 Å². The molecule has 0 spiro atoms. The van der Waals surface area contributed by atoms with Gasteiger partial charge in [-0.1, -0.05) is 13.0 Å². The van der Waals surface area contributed by atoms with E-state index in [1.165, 1.54) is 0 Å². The van der Waals surface area contributed by atoms with Crippen molar-refractivity contribution < 1.29 is 4.79 Å². The predicted molar refractivity (Wildman–Crippen MR) is 70.4 cm³/mol. The van der Waals surface area contributed by atoms with Gasteiger partial charge in [0.05, 0.1) is 0 Å². The van der Waals surface area contributed by atoms with E-state index in [-0.39, 0.29) is 5.91 Å². The minimum absolute atomic E-state index is 0.104. The van der Waals surface area contributed by atoms with Gasteiger partial charge in [-0.25, -0.2) is 4.98 Å². The Morgan fingerprint density at radius 1 is 1.53 bits per heavy atom. The molecular formula is C13H19ClN2O. The molecule has 0 aromatic carbocycles. The smallest absolute Gasteiger partial charge is 0.269 e. The van der Waals surface area contributed by atoms with E-state index in [9.17, 15) is 4.79 Å². The van der Waals surface area contributed by atoms with Crippen LogP contribution in [0.2, 0.25) is 0 Å². The topological polar surface area (TPSA) is 42.0 Å². The molecule has 0 aliphatic heterocycles. The lowest BCUT2D eigenvalue weighted by Gasteiger charge is -2.08. The van der Waals surface area contributed by atoms with Crippen molar-refractivity contribution in [1.82, 2.24) is 10.3 Å². The average molecular weight is 255 g/mol. The fourth-order valence-corrected chi connectivity index (χ4v) is 1.64. The van der Waals surface area contributed by atoms with Crippen LogP contribution in [0.25, 0.3) is 0 Å². The Balaban J connectivity index is 2.30. The van der Waals surface area contributed by atoms with E-state index < -0.39 is 0 Å². The van der Waals surface area contributed by atoms with Crippen LogP contribution in [-0.4, -0.2) is 23.3 Å². The van der Waals surface area contributed by atoms with Crippen LogP contribution in [0.5, 0.6) is 0 Å². The number of aromatic nitrogens is 1. The SMILES string of the molecule is Cc1cccc(C(=O)NCCCC(C)CCl)n1. The van der Waals surface area contributed by atoms with Gasteiger partial charge in [-0.05, 0) is 37.8 Å². The quantitative estimate of drug-likeness (QED) is 0.627. The molecule has 1 rings (SSSR count). The summed E-state index contributed by atoms with van der Waals surface area (Å²) in [6.07, 6.45) is 1.98. The molecule has 0 saturated heterocycles. The van der Waals surface area contributed by atoms with Crippen LogP contribution < -0.4 is 5.32 Å². The molecule has 1 aromatic heterocycles. The zero-order valence-corrected chi connectivity index (χ0v) is 11.1. The first-order valence-electron chi connectivity index (χ1n) is 5.91. The summed E-state index contributed by atoms with van der Waals surface area (Å²) in [4.78, 5) is 15.9. The maximum Gasteiger partial charge on any atom is 0.269 e. The van der Waals surface area contributed by atoms with E-state index in [2.05, 4.69) is 17.2 Å². The summed E-state index contributed by atoms with van der Waals surface area (Å²) >= 11 is 5.71. The Morgan fingerprint density at radius 2 is 2.29 bits per heavy atom. The summed E-state index contributed by atoms with van der Waals surface area (Å²) in [5.41, 5.74) is 1.34. The molecule has 1 unspecified atom stereocenters. The minimum Gasteiger partial charge on any atom is -0.351 e. The van der Waals surface area contributed by atoms with E-state index in [0.29, 0.717) is 24.0 Å². The summed E-state index contributed by atoms with van der Waals surface area (Å²) < 4.78 is 0. The van der Waals surface area contributed by atoms with Crippen LogP contribution in [-0.2, 0) is 0 Å². The highest BCUT2D eigenvalue weighted by Gasteiger charge is 2.06. The molecule has 0 aliphatic carbocycles. The number of rotatable bonds is 6. The molecule has 0 radical (unpaired) electrons. The molecule has 0 bridgehead atoms. The zero-order valence-electron chi connectivity index (χ0n) is 10.4. The van der Waals surface area contributed by atoms with Crippen LogP contribution in [0.3, 0.4) is 0 Å². The van der Waals surface area contributed by atoms with Gasteiger partial charge >= 0.3 is 0 Å². The van der Waals surface area contributed by atoms with Crippen molar-refractivity contribution in [1.29, 1.82) is 0 Å². The maximum atomic E-state index is 11.7. The van der Waals surface area contributed by atoms with Gasteiger partial charge in [0.2, 0.25) is 0 Å². The van der Waals surface area contributed by atoms with Crippen LogP contribution >= 0.6 is 11.6 Å². The highest BCUT2D eigenvalue weighted by Crippen LogP contribution is 2.06. The third-order valence-corrected chi connectivity index (χ3v) is 3.07. The molecule has 1 aromatic rings. The van der Waals surface area contributed by atoms with Gasteiger partial charge in [-0.15, -0.1) is 11.6 Å². The fraction of sp³-hybridized carbons (Fsp3) is 0.538. The van der Waals surface area contributed by atoms with Gasteiger partial charge in [0.1, 0.15) is 5.69 Å². The maximum absolute atomic E-state index is 11.7. The lowest BCUT2D eigenvalue weighted by Crippen LogP contribution is -2.25. The van der Waals surface area contributed by atoms with Crippen molar-refractivity contribution >= 4 is 17.5 Å². The number of hydrogen-bond acceptors (Lipinski definition) is 2. The average Bonchev–Trinajstić information content (AvgIpc) is 2.34. The third kappa shape index (κ3) is 5.18. The Kier molecular flexibility index (Phi) is 5.98. The number of amides is 1. The fourth-order valence-electron chi connectivity index (χ4n) is 1.49. The molecule has 0 aliphatic rings. The van der Waals surface area contributed by atoms with Gasteiger partial charge in [0.15, 0.2) is 0 Å². The van der Waals surface area contributed by atoms with Crippen molar-refractivity contribution in [2.24, 2.45) is 5.92 Å². The Bertz CT molecular complexity index is 368. The number of halogens is 1. The largest absolute Gasteiger partial charge is 0.351 e. The van der Waals surface area contributed by atoms with Crippen molar-refractivity contribution in [2.45, 2.75) is 26.7 Å². The molecule has 1 heterocycles. The summed E-state index contributed by atoms with van der Waals surface area (Å²) in [5, 5.41) is 2.86. The first-order chi connectivity index (χ1) is 8.13. The van der Waals surface area contributed by atoms with E-state index in [1.807, 2.05) is 19.1 Å². The predicted octanol–water partition coefficient (Wildman–Crippen LogP) is 2.77. The number of alkyl halides is 1. The minimum atomic E-state index is -0.104. The molecule has 17 heavy (non-hydrogen) atoms. The molecule has 94 valence electrons. The second kappa shape index (κ2) is 7.28. The molecular weight excluding hydrogens is 236 g/mol. The van der Waals surface area contributed by atoms with Crippen molar-refractivity contribution in [3.8, 4) is 0 Å². The summed E-state index contributed by atoms with van der Waals surface area (Å²) in [6, 6.07) is 5.44. The van der Waals surface area contributed by atoms with Crippen molar-refractivity contribution in [2.75, 3.05) is 12.4 Å². The number of nitrogens with zero attached hydrogens (tertiary/aromatic N) is 1. The number of carbonyl (C=O) groups is 1. The highest BCUT2D eigenvalue weighted by molar-refractivity contribution is 6.18. The Hall–Kier alpha value is -1.09. The number of pyridine rings is 1. The van der Waals surface area contributed by atoms with Crippen LogP contribution in [0.1, 0.15) is 35.9 Å². The monoisotopic (exact) mass is 254 g/mol. The number of aryl methyl sites for hydroxylation is 1. The van der Waals surface area contributed by atoms with Gasteiger partial charge < -0.3 is 5.32 Å². The molecule has 1 N–H and O–H groups in total. The van der Waals surface area contributed by atoms with E-state index >= 15 is 0 Å². The van der Waals surface area contributed by atoms with Gasteiger partial charge in [0, 0.05) is 18.1 Å². The highest BCUT2D eigenvalue weighted by atomic mass is 35.5. The van der Waals surface area contributed by atoms with Crippen LogP contribution in [0, 0.1) is 12.8 Å². The lowest BCUT2D eigenvalue weighted by atomic mass is 10.1. The molecule has 1 amide bonds. The van der Waals surface area contributed by atoms with E-state index in [1.54, 1.807) is 6.07 Å². The van der Waals surface area contributed by atoms with E-state index in [0.717, 1.165) is 18.5 Å². The Labute approximate surface area is 108 Å². The van der Waals surface area contributed by atoms with E-state index in [4.69, 9.17) is 11.6 Å². The third-order valence-electron chi connectivity index (χ3n) is 2.54. The Morgan fingerprint density at radius 3 is 2.94 bits per heavy atom. The normalized spacial score (nSPS) is 12.2. The number of hydrogen-bond donors (Lipinski definition) is 1. The van der Waals surface area contributed by atoms with Gasteiger partial charge in [-0.3, -0.25) is 4.79 Å².